The number of carbonyl (C=O) groups is 1. The molecule has 0 aromatic heterocycles. The van der Waals surface area contributed by atoms with Crippen LogP contribution in [0.1, 0.15) is 27.9 Å². The van der Waals surface area contributed by atoms with Crippen LogP contribution >= 0.6 is 0 Å². The standard InChI is InChI=1S/C20H19NO5/c1-21-5-4-12-6-17-19(25-10-23-17)8-14(12)16(22)3-2-13-7-18-20(9-15(13)21)26-11-24-18/h6-9H,2-5,10-11H2,1H3. The van der Waals surface area contributed by atoms with Crippen LogP contribution in [0.5, 0.6) is 23.0 Å². The SMILES string of the molecule is CN1CCc2cc3c(cc2C(=O)CCc2cc4c(cc21)OCO4)OCO3. The van der Waals surface area contributed by atoms with E-state index >= 15 is 0 Å². The first-order valence-electron chi connectivity index (χ1n) is 8.78. The molecule has 0 aliphatic carbocycles. The summed E-state index contributed by atoms with van der Waals surface area (Å²) in [4.78, 5) is 15.1. The number of rotatable bonds is 0. The van der Waals surface area contributed by atoms with Crippen molar-refractivity contribution in [2.75, 3.05) is 32.1 Å². The van der Waals surface area contributed by atoms with Gasteiger partial charge in [0, 0.05) is 37.3 Å². The Balaban J connectivity index is 1.54. The molecule has 2 aromatic rings. The van der Waals surface area contributed by atoms with E-state index < -0.39 is 0 Å². The fraction of sp³-hybridized carbons (Fsp3) is 0.350. The molecule has 2 aromatic carbocycles. The Bertz CT molecular complexity index is 908. The van der Waals surface area contributed by atoms with E-state index in [1.807, 2.05) is 24.3 Å². The van der Waals surface area contributed by atoms with Crippen molar-refractivity contribution < 1.29 is 23.7 Å². The van der Waals surface area contributed by atoms with Crippen LogP contribution in [0.2, 0.25) is 0 Å². The zero-order chi connectivity index (χ0) is 17.7. The largest absolute Gasteiger partial charge is 0.454 e. The van der Waals surface area contributed by atoms with Gasteiger partial charge in [-0.1, -0.05) is 0 Å². The summed E-state index contributed by atoms with van der Waals surface area (Å²) in [5, 5.41) is 0. The Morgan fingerprint density at radius 1 is 0.769 bits per heavy atom. The predicted molar refractivity (Wildman–Crippen MR) is 94.8 cm³/mol. The molecule has 6 heteroatoms. The van der Waals surface area contributed by atoms with Crippen LogP contribution in [0.25, 0.3) is 0 Å². The number of ether oxygens (including phenoxy) is 4. The number of carbonyl (C=O) groups excluding carboxylic acids is 1. The number of likely N-dealkylation sites (N-methyl/N-ethyl adjacent to an activating group) is 1. The van der Waals surface area contributed by atoms with Crippen molar-refractivity contribution in [2.45, 2.75) is 19.3 Å². The minimum absolute atomic E-state index is 0.131. The molecule has 0 amide bonds. The molecule has 26 heavy (non-hydrogen) atoms. The van der Waals surface area contributed by atoms with E-state index in [0.29, 0.717) is 18.6 Å². The lowest BCUT2D eigenvalue weighted by Crippen LogP contribution is -2.23. The average molecular weight is 353 g/mol. The van der Waals surface area contributed by atoms with Gasteiger partial charge in [-0.25, -0.2) is 0 Å². The Morgan fingerprint density at radius 3 is 2.12 bits per heavy atom. The second-order valence-electron chi connectivity index (χ2n) is 6.79. The summed E-state index contributed by atoms with van der Waals surface area (Å²) >= 11 is 0. The van der Waals surface area contributed by atoms with Crippen molar-refractivity contribution >= 4 is 11.5 Å². The van der Waals surface area contributed by atoms with E-state index in [0.717, 1.165) is 52.6 Å². The third-order valence-electron chi connectivity index (χ3n) is 5.22. The monoisotopic (exact) mass is 353 g/mol. The van der Waals surface area contributed by atoms with Gasteiger partial charge in [0.15, 0.2) is 28.8 Å². The van der Waals surface area contributed by atoms with Crippen LogP contribution in [-0.4, -0.2) is 33.0 Å². The van der Waals surface area contributed by atoms with Crippen molar-refractivity contribution in [1.29, 1.82) is 0 Å². The van der Waals surface area contributed by atoms with E-state index in [4.69, 9.17) is 18.9 Å². The molecule has 3 heterocycles. The van der Waals surface area contributed by atoms with Crippen molar-refractivity contribution in [3.8, 4) is 23.0 Å². The lowest BCUT2D eigenvalue weighted by molar-refractivity contribution is 0.0981. The predicted octanol–water partition coefficient (Wildman–Crippen LogP) is 2.95. The lowest BCUT2D eigenvalue weighted by Gasteiger charge is -2.25. The summed E-state index contributed by atoms with van der Waals surface area (Å²) in [5.41, 5.74) is 3.95. The topological polar surface area (TPSA) is 57.2 Å². The molecule has 0 unspecified atom stereocenters. The van der Waals surface area contributed by atoms with E-state index in [2.05, 4.69) is 11.9 Å². The third kappa shape index (κ3) is 2.44. The molecule has 0 atom stereocenters. The Morgan fingerprint density at radius 2 is 1.38 bits per heavy atom. The van der Waals surface area contributed by atoms with Gasteiger partial charge in [-0.05, 0) is 42.2 Å². The number of fused-ring (bicyclic) bond motifs is 4. The number of anilines is 1. The summed E-state index contributed by atoms with van der Waals surface area (Å²) in [6.07, 6.45) is 1.85. The molecule has 0 saturated heterocycles. The highest BCUT2D eigenvalue weighted by molar-refractivity contribution is 5.98. The molecule has 3 aliphatic rings. The molecule has 0 radical (unpaired) electrons. The molecular formula is C20H19NO5. The van der Waals surface area contributed by atoms with Crippen molar-refractivity contribution in [1.82, 2.24) is 0 Å². The van der Waals surface area contributed by atoms with Gasteiger partial charge in [0.05, 0.1) is 0 Å². The zero-order valence-corrected chi connectivity index (χ0v) is 14.5. The first-order valence-corrected chi connectivity index (χ1v) is 8.78. The second-order valence-corrected chi connectivity index (χ2v) is 6.79. The first kappa shape index (κ1) is 15.4. The maximum Gasteiger partial charge on any atom is 0.231 e. The highest BCUT2D eigenvalue weighted by Crippen LogP contribution is 2.40. The summed E-state index contributed by atoms with van der Waals surface area (Å²) < 4.78 is 22.0. The fourth-order valence-electron chi connectivity index (χ4n) is 3.77. The Hall–Kier alpha value is -2.89. The minimum Gasteiger partial charge on any atom is -0.454 e. The molecule has 0 bridgehead atoms. The van der Waals surface area contributed by atoms with Gasteiger partial charge < -0.3 is 23.8 Å². The number of aryl methyl sites for hydroxylation is 1. The Labute approximate surface area is 151 Å². The van der Waals surface area contributed by atoms with Crippen LogP contribution in [-0.2, 0) is 12.8 Å². The molecule has 0 saturated carbocycles. The molecule has 0 spiro atoms. The van der Waals surface area contributed by atoms with Crippen LogP contribution < -0.4 is 23.8 Å². The number of Topliss-reactive ketones (excluding diaryl/α,β-unsaturated/α-hetero) is 1. The van der Waals surface area contributed by atoms with Crippen molar-refractivity contribution in [3.63, 3.8) is 0 Å². The maximum absolute atomic E-state index is 12.9. The number of benzene rings is 2. The number of nitrogens with zero attached hydrogens (tertiary/aromatic N) is 1. The fourth-order valence-corrected chi connectivity index (χ4v) is 3.77. The Kier molecular flexibility index (Phi) is 3.45. The minimum atomic E-state index is 0.131. The normalized spacial score (nSPS) is 17.7. The number of ketones is 1. The molecule has 3 aliphatic heterocycles. The van der Waals surface area contributed by atoms with Crippen LogP contribution in [0.15, 0.2) is 24.3 Å². The van der Waals surface area contributed by atoms with Gasteiger partial charge in [0.25, 0.3) is 0 Å². The van der Waals surface area contributed by atoms with Crippen molar-refractivity contribution in [3.05, 3.63) is 41.0 Å². The van der Waals surface area contributed by atoms with Gasteiger partial charge in [-0.15, -0.1) is 0 Å². The van der Waals surface area contributed by atoms with Gasteiger partial charge in [0.1, 0.15) is 0 Å². The van der Waals surface area contributed by atoms with E-state index in [1.165, 1.54) is 0 Å². The van der Waals surface area contributed by atoms with Gasteiger partial charge in [-0.2, -0.15) is 0 Å². The molecule has 134 valence electrons. The van der Waals surface area contributed by atoms with Gasteiger partial charge in [-0.3, -0.25) is 4.79 Å². The van der Waals surface area contributed by atoms with E-state index in [-0.39, 0.29) is 19.4 Å². The average Bonchev–Trinajstić information content (AvgIpc) is 3.29. The summed E-state index contributed by atoms with van der Waals surface area (Å²) in [5.74, 6) is 3.03. The number of hydrogen-bond acceptors (Lipinski definition) is 6. The van der Waals surface area contributed by atoms with Crippen LogP contribution in [0.3, 0.4) is 0 Å². The summed E-state index contributed by atoms with van der Waals surface area (Å²) in [7, 11) is 2.07. The highest BCUT2D eigenvalue weighted by atomic mass is 16.7. The zero-order valence-electron chi connectivity index (χ0n) is 14.5. The van der Waals surface area contributed by atoms with E-state index in [1.54, 1.807) is 0 Å². The van der Waals surface area contributed by atoms with E-state index in [9.17, 15) is 4.79 Å². The van der Waals surface area contributed by atoms with Gasteiger partial charge >= 0.3 is 0 Å². The smallest absolute Gasteiger partial charge is 0.231 e. The van der Waals surface area contributed by atoms with Crippen molar-refractivity contribution in [2.24, 2.45) is 0 Å². The molecule has 5 rings (SSSR count). The van der Waals surface area contributed by atoms with Crippen LogP contribution in [0, 0.1) is 0 Å². The summed E-state index contributed by atoms with van der Waals surface area (Å²) in [6, 6.07) is 7.81. The molecule has 0 fully saturated rings. The number of hydrogen-bond donors (Lipinski definition) is 0. The van der Waals surface area contributed by atoms with Gasteiger partial charge in [0.2, 0.25) is 13.6 Å². The molecule has 6 nitrogen and oxygen atoms in total. The highest BCUT2D eigenvalue weighted by Gasteiger charge is 2.24. The summed E-state index contributed by atoms with van der Waals surface area (Å²) in [6.45, 7) is 1.24. The quantitative estimate of drug-likeness (QED) is 0.726. The lowest BCUT2D eigenvalue weighted by atomic mass is 9.94. The third-order valence-corrected chi connectivity index (χ3v) is 5.22. The molecular weight excluding hydrogens is 334 g/mol. The second kappa shape index (κ2) is 5.83. The maximum atomic E-state index is 12.9. The van der Waals surface area contributed by atoms with Crippen LogP contribution in [0.4, 0.5) is 5.69 Å². The molecule has 0 N–H and O–H groups in total. The first-order chi connectivity index (χ1) is 12.7.